The van der Waals surface area contributed by atoms with Gasteiger partial charge in [0.1, 0.15) is 12.1 Å². The van der Waals surface area contributed by atoms with Crippen LogP contribution in [-0.2, 0) is 33.3 Å². The fourth-order valence-corrected chi connectivity index (χ4v) is 8.38. The zero-order chi connectivity index (χ0) is 27.4. The second-order valence-electron chi connectivity index (χ2n) is 13.0. The maximum atomic E-state index is 13.0. The van der Waals surface area contributed by atoms with E-state index in [1.165, 1.54) is 0 Å². The number of carbonyl (C=O) groups excluding carboxylic acids is 2. The molecule has 4 atom stereocenters. The number of nitrogens with one attached hydrogen (secondary N) is 1. The van der Waals surface area contributed by atoms with Crippen LogP contribution < -0.4 is 0 Å². The maximum absolute atomic E-state index is 13.0. The Morgan fingerprint density at radius 2 is 1.45 bits per heavy atom. The number of hydrogen-bond donors (Lipinski definition) is 1. The summed E-state index contributed by atoms with van der Waals surface area (Å²) in [6.07, 6.45) is 8.90. The Balaban J connectivity index is 1.48. The van der Waals surface area contributed by atoms with Crippen LogP contribution in [0.15, 0.2) is 29.5 Å². The molecular formula is C30H32N6O2. The average molecular weight is 509 g/mol. The molecule has 0 saturated heterocycles. The van der Waals surface area contributed by atoms with Crippen LogP contribution in [0.25, 0.3) is 5.82 Å². The van der Waals surface area contributed by atoms with Gasteiger partial charge < -0.3 is 0 Å². The summed E-state index contributed by atoms with van der Waals surface area (Å²) in [5.74, 6) is 0.633. The predicted octanol–water partition coefficient (Wildman–Crippen LogP) is 4.35. The van der Waals surface area contributed by atoms with E-state index < -0.39 is 21.7 Å². The number of nitriles is 2. The third-order valence-electron chi connectivity index (χ3n) is 10.3. The van der Waals surface area contributed by atoms with Crippen LogP contribution in [0.5, 0.6) is 0 Å². The van der Waals surface area contributed by atoms with Crippen molar-refractivity contribution in [3.8, 4) is 18.0 Å². The maximum Gasteiger partial charge on any atom is 0.178 e. The molecule has 8 heteroatoms. The summed E-state index contributed by atoms with van der Waals surface area (Å²) in [6, 6.07) is 4.26. The fourth-order valence-electron chi connectivity index (χ4n) is 8.38. The second-order valence-corrected chi connectivity index (χ2v) is 13.0. The molecule has 2 aromatic rings. The van der Waals surface area contributed by atoms with Crippen molar-refractivity contribution in [3.63, 3.8) is 0 Å². The lowest BCUT2D eigenvalue weighted by molar-refractivity contribution is -0.129. The third kappa shape index (κ3) is 2.84. The summed E-state index contributed by atoms with van der Waals surface area (Å²) < 4.78 is 1.84. The van der Waals surface area contributed by atoms with Crippen molar-refractivity contribution in [2.75, 3.05) is 0 Å². The van der Waals surface area contributed by atoms with Gasteiger partial charge in [0, 0.05) is 33.4 Å². The predicted molar refractivity (Wildman–Crippen MR) is 139 cm³/mol. The van der Waals surface area contributed by atoms with Crippen LogP contribution >= 0.6 is 0 Å². The SMILES string of the molecule is CC1(C)C(=O)C(C#N)=C[C@]2(C)c3nn(-c4n[nH]c5c4CC[C@H]4C(C)(C)C(=O)C(C#N)=C[C@]54C)cc3CC[C@H]12. The molecule has 4 aliphatic carbocycles. The smallest absolute Gasteiger partial charge is 0.178 e. The van der Waals surface area contributed by atoms with E-state index in [-0.39, 0.29) is 34.5 Å². The zero-order valence-electron chi connectivity index (χ0n) is 22.8. The standard InChI is InChI=1S/C30H32N6O2/c1-27(2)20-9-7-16-15-36(35-22(16)29(20,5)11-17(13-31)24(27)37)26-19-8-10-21-28(3,4)25(38)18(14-32)12-30(21,6)23(19)33-34-26/h11-12,15,20-21H,7-10H2,1-6H3,(H,33,34)/t20-,21+,29+,30+/m1/s1. The number of aromatic nitrogens is 4. The highest BCUT2D eigenvalue weighted by Crippen LogP contribution is 2.56. The topological polar surface area (TPSA) is 128 Å². The molecule has 1 N–H and O–H groups in total. The summed E-state index contributed by atoms with van der Waals surface area (Å²) in [6.45, 7) is 12.0. The fraction of sp³-hybridized carbons (Fsp3) is 0.533. The molecule has 8 nitrogen and oxygen atoms in total. The molecule has 38 heavy (non-hydrogen) atoms. The van der Waals surface area contributed by atoms with Gasteiger partial charge in [-0.15, -0.1) is 0 Å². The Hall–Kier alpha value is -3.78. The average Bonchev–Trinajstić information content (AvgIpc) is 3.49. The van der Waals surface area contributed by atoms with E-state index in [0.29, 0.717) is 0 Å². The molecule has 0 aliphatic heterocycles. The first-order valence-corrected chi connectivity index (χ1v) is 13.3. The number of carbonyl (C=O) groups is 2. The molecule has 0 fully saturated rings. The van der Waals surface area contributed by atoms with Crippen LogP contribution in [0.1, 0.15) is 76.9 Å². The molecule has 2 heterocycles. The number of fused-ring (bicyclic) bond motifs is 6. The minimum absolute atomic E-state index is 0.0414. The van der Waals surface area contributed by atoms with Gasteiger partial charge in [-0.1, -0.05) is 53.7 Å². The largest absolute Gasteiger partial charge is 0.293 e. The summed E-state index contributed by atoms with van der Waals surface area (Å²) in [4.78, 5) is 26.0. The number of rotatable bonds is 1. The highest BCUT2D eigenvalue weighted by molar-refractivity contribution is 6.05. The van der Waals surface area contributed by atoms with Gasteiger partial charge in [0.15, 0.2) is 17.4 Å². The van der Waals surface area contributed by atoms with Gasteiger partial charge in [-0.25, -0.2) is 4.68 Å². The van der Waals surface area contributed by atoms with Gasteiger partial charge in [0.25, 0.3) is 0 Å². The van der Waals surface area contributed by atoms with E-state index in [1.54, 1.807) is 0 Å². The molecular weight excluding hydrogens is 476 g/mol. The number of aromatic amines is 1. The van der Waals surface area contributed by atoms with Crippen molar-refractivity contribution in [2.24, 2.45) is 22.7 Å². The highest BCUT2D eigenvalue weighted by atomic mass is 16.1. The Morgan fingerprint density at radius 3 is 2.05 bits per heavy atom. The minimum Gasteiger partial charge on any atom is -0.293 e. The van der Waals surface area contributed by atoms with Gasteiger partial charge >= 0.3 is 0 Å². The molecule has 6 rings (SSSR count). The third-order valence-corrected chi connectivity index (χ3v) is 10.3. The number of hydrogen-bond acceptors (Lipinski definition) is 6. The Labute approximate surface area is 222 Å². The van der Waals surface area contributed by atoms with Crippen LogP contribution in [0.3, 0.4) is 0 Å². The van der Waals surface area contributed by atoms with Crippen LogP contribution in [0.4, 0.5) is 0 Å². The Bertz CT molecular complexity index is 1580. The monoisotopic (exact) mass is 508 g/mol. The van der Waals surface area contributed by atoms with Gasteiger partial charge in [-0.2, -0.15) is 20.7 Å². The van der Waals surface area contributed by atoms with Gasteiger partial charge in [-0.3, -0.25) is 14.7 Å². The number of aryl methyl sites for hydroxylation is 1. The zero-order valence-corrected chi connectivity index (χ0v) is 22.8. The second kappa shape index (κ2) is 7.41. The quantitative estimate of drug-likeness (QED) is 0.610. The van der Waals surface area contributed by atoms with E-state index in [1.807, 2.05) is 50.7 Å². The van der Waals surface area contributed by atoms with Gasteiger partial charge in [-0.05, 0) is 43.1 Å². The molecule has 194 valence electrons. The lowest BCUT2D eigenvalue weighted by Crippen LogP contribution is -2.51. The molecule has 0 amide bonds. The van der Waals surface area contributed by atoms with Crippen molar-refractivity contribution < 1.29 is 9.59 Å². The molecule has 0 aromatic carbocycles. The first kappa shape index (κ1) is 24.6. The minimum atomic E-state index is -0.652. The van der Waals surface area contributed by atoms with Crippen LogP contribution in [0.2, 0.25) is 0 Å². The van der Waals surface area contributed by atoms with Crippen LogP contribution in [-0.4, -0.2) is 31.5 Å². The Kier molecular flexibility index (Phi) is 4.79. The molecule has 2 aromatic heterocycles. The van der Waals surface area contributed by atoms with E-state index in [9.17, 15) is 20.1 Å². The molecule has 0 bridgehead atoms. The van der Waals surface area contributed by atoms with E-state index >= 15 is 0 Å². The Morgan fingerprint density at radius 1 is 0.895 bits per heavy atom. The number of nitrogens with zero attached hydrogens (tertiary/aromatic N) is 5. The van der Waals surface area contributed by atoms with Crippen molar-refractivity contribution in [3.05, 3.63) is 52.0 Å². The first-order valence-electron chi connectivity index (χ1n) is 13.3. The number of Topliss-reactive ketones (excluding diaryl/α,β-unsaturated/α-hetero) is 2. The molecule has 0 saturated carbocycles. The van der Waals surface area contributed by atoms with Crippen molar-refractivity contribution in [2.45, 2.75) is 78.1 Å². The summed E-state index contributed by atoms with van der Waals surface area (Å²) in [5, 5.41) is 32.5. The lowest BCUT2D eigenvalue weighted by atomic mass is 9.52. The van der Waals surface area contributed by atoms with Crippen molar-refractivity contribution >= 4 is 11.6 Å². The first-order chi connectivity index (χ1) is 17.8. The van der Waals surface area contributed by atoms with Crippen molar-refractivity contribution in [1.29, 1.82) is 10.5 Å². The van der Waals surface area contributed by atoms with E-state index in [0.717, 1.165) is 54.0 Å². The molecule has 0 spiro atoms. The van der Waals surface area contributed by atoms with E-state index in [4.69, 9.17) is 10.2 Å². The summed E-state index contributed by atoms with van der Waals surface area (Å²) in [7, 11) is 0. The highest BCUT2D eigenvalue weighted by Gasteiger charge is 2.56. The normalized spacial score (nSPS) is 32.5. The van der Waals surface area contributed by atoms with Gasteiger partial charge in [0.05, 0.1) is 22.5 Å². The number of H-pyrrole nitrogens is 1. The summed E-state index contributed by atoms with van der Waals surface area (Å²) >= 11 is 0. The number of ketones is 2. The number of allylic oxidation sites excluding steroid dienone is 4. The van der Waals surface area contributed by atoms with Crippen LogP contribution in [0, 0.1) is 45.3 Å². The van der Waals surface area contributed by atoms with E-state index in [2.05, 4.69) is 31.1 Å². The molecule has 0 radical (unpaired) electrons. The lowest BCUT2D eigenvalue weighted by Gasteiger charge is -2.49. The molecule has 0 unspecified atom stereocenters. The van der Waals surface area contributed by atoms with Gasteiger partial charge in [0.2, 0.25) is 0 Å². The summed E-state index contributed by atoms with van der Waals surface area (Å²) in [5.41, 5.74) is 2.05. The molecule has 4 aliphatic rings. The van der Waals surface area contributed by atoms with Crippen molar-refractivity contribution in [1.82, 2.24) is 20.0 Å².